The Morgan fingerprint density at radius 1 is 1.57 bits per heavy atom. The van der Waals surface area contributed by atoms with Gasteiger partial charge in [0, 0.05) is 12.6 Å². The number of aromatic hydroxyl groups is 1. The normalized spacial score (nSPS) is 19.3. The average Bonchev–Trinajstić information content (AvgIpc) is 2.57. The second-order valence-corrected chi connectivity index (χ2v) is 3.67. The van der Waals surface area contributed by atoms with Crippen molar-refractivity contribution in [3.05, 3.63) is 42.0 Å². The first-order chi connectivity index (χ1) is 6.81. The van der Waals surface area contributed by atoms with Crippen molar-refractivity contribution in [1.82, 2.24) is 5.32 Å². The Morgan fingerprint density at radius 2 is 2.43 bits per heavy atom. The van der Waals surface area contributed by atoms with Crippen LogP contribution in [0.5, 0.6) is 5.75 Å². The van der Waals surface area contributed by atoms with Crippen LogP contribution in [0.2, 0.25) is 0 Å². The molecule has 0 radical (unpaired) electrons. The van der Waals surface area contributed by atoms with Crippen LogP contribution in [0.3, 0.4) is 0 Å². The van der Waals surface area contributed by atoms with Gasteiger partial charge in [0.25, 0.3) is 0 Å². The Morgan fingerprint density at radius 3 is 3.21 bits per heavy atom. The van der Waals surface area contributed by atoms with Gasteiger partial charge in [0.2, 0.25) is 0 Å². The van der Waals surface area contributed by atoms with Gasteiger partial charge < -0.3 is 10.4 Å². The summed E-state index contributed by atoms with van der Waals surface area (Å²) < 4.78 is 0. The Bertz CT molecular complexity index is 346. The van der Waals surface area contributed by atoms with Crippen LogP contribution in [0, 0.1) is 0 Å². The van der Waals surface area contributed by atoms with E-state index >= 15 is 0 Å². The van der Waals surface area contributed by atoms with Crippen LogP contribution < -0.4 is 5.32 Å². The van der Waals surface area contributed by atoms with Crippen molar-refractivity contribution in [1.29, 1.82) is 0 Å². The highest BCUT2D eigenvalue weighted by Crippen LogP contribution is 2.33. The maximum atomic E-state index is 9.39. The highest BCUT2D eigenvalue weighted by atomic mass is 16.3. The number of hydrogen-bond donors (Lipinski definition) is 2. The molecule has 1 aromatic carbocycles. The number of rotatable bonds is 3. The molecule has 0 saturated heterocycles. The van der Waals surface area contributed by atoms with E-state index in [-0.39, 0.29) is 0 Å². The lowest BCUT2D eigenvalue weighted by atomic mass is 10.1. The van der Waals surface area contributed by atoms with Crippen LogP contribution in [0.25, 0.3) is 0 Å². The van der Waals surface area contributed by atoms with E-state index in [2.05, 4.69) is 11.9 Å². The lowest BCUT2D eigenvalue weighted by molar-refractivity contribution is 0.472. The number of nitrogens with one attached hydrogen (secondary N) is 1. The molecular weight excluding hydrogens is 174 g/mol. The molecule has 2 heteroatoms. The van der Waals surface area contributed by atoms with E-state index in [1.807, 2.05) is 18.2 Å². The smallest absolute Gasteiger partial charge is 0.115 e. The van der Waals surface area contributed by atoms with Crippen LogP contribution in [0.4, 0.5) is 0 Å². The molecule has 0 spiro atoms. The summed E-state index contributed by atoms with van der Waals surface area (Å²) in [5.41, 5.74) is 2.59. The maximum absolute atomic E-state index is 9.39. The first-order valence-electron chi connectivity index (χ1n) is 4.97. The van der Waals surface area contributed by atoms with E-state index in [4.69, 9.17) is 0 Å². The number of hydrogen-bond acceptors (Lipinski definition) is 2. The molecule has 0 bridgehead atoms. The molecule has 2 N–H and O–H groups in total. The van der Waals surface area contributed by atoms with E-state index in [9.17, 15) is 5.11 Å². The van der Waals surface area contributed by atoms with E-state index in [1.165, 1.54) is 11.1 Å². The molecule has 14 heavy (non-hydrogen) atoms. The van der Waals surface area contributed by atoms with Crippen molar-refractivity contribution in [3.8, 4) is 5.75 Å². The van der Waals surface area contributed by atoms with Gasteiger partial charge in [-0.15, -0.1) is 6.58 Å². The number of aryl methyl sites for hydroxylation is 1. The van der Waals surface area contributed by atoms with Gasteiger partial charge in [-0.3, -0.25) is 0 Å². The zero-order valence-electron chi connectivity index (χ0n) is 8.16. The number of phenols is 1. The van der Waals surface area contributed by atoms with Crippen LogP contribution >= 0.6 is 0 Å². The zero-order valence-corrected chi connectivity index (χ0v) is 8.16. The third-order valence-electron chi connectivity index (χ3n) is 2.72. The lowest BCUT2D eigenvalue weighted by Gasteiger charge is -2.12. The molecule has 1 aliphatic rings. The molecule has 0 saturated carbocycles. The lowest BCUT2D eigenvalue weighted by Crippen LogP contribution is -2.18. The monoisotopic (exact) mass is 189 g/mol. The van der Waals surface area contributed by atoms with Crippen molar-refractivity contribution in [2.45, 2.75) is 18.9 Å². The van der Waals surface area contributed by atoms with Gasteiger partial charge in [-0.1, -0.05) is 12.1 Å². The molecule has 1 atom stereocenters. The fraction of sp³-hybridized carbons (Fsp3) is 0.333. The van der Waals surface area contributed by atoms with Crippen molar-refractivity contribution in [3.63, 3.8) is 0 Å². The van der Waals surface area contributed by atoms with Crippen molar-refractivity contribution < 1.29 is 5.11 Å². The molecule has 1 aromatic rings. The summed E-state index contributed by atoms with van der Waals surface area (Å²) in [4.78, 5) is 0. The summed E-state index contributed by atoms with van der Waals surface area (Å²) >= 11 is 0. The second kappa shape index (κ2) is 3.84. The van der Waals surface area contributed by atoms with Crippen LogP contribution in [0.1, 0.15) is 23.6 Å². The van der Waals surface area contributed by atoms with E-state index in [0.717, 1.165) is 19.4 Å². The summed E-state index contributed by atoms with van der Waals surface area (Å²) in [5.74, 6) is 0.357. The van der Waals surface area contributed by atoms with E-state index < -0.39 is 0 Å². The third-order valence-corrected chi connectivity index (χ3v) is 2.72. The van der Waals surface area contributed by atoms with Crippen molar-refractivity contribution in [2.75, 3.05) is 6.54 Å². The largest absolute Gasteiger partial charge is 0.508 e. The Labute approximate surface area is 84.3 Å². The summed E-state index contributed by atoms with van der Waals surface area (Å²) in [6.45, 7) is 4.50. The molecule has 0 heterocycles. The van der Waals surface area contributed by atoms with Gasteiger partial charge in [-0.2, -0.15) is 0 Å². The van der Waals surface area contributed by atoms with Crippen LogP contribution in [0.15, 0.2) is 30.9 Å². The zero-order chi connectivity index (χ0) is 9.97. The molecule has 0 amide bonds. The van der Waals surface area contributed by atoms with E-state index in [0.29, 0.717) is 11.8 Å². The average molecular weight is 189 g/mol. The minimum absolute atomic E-state index is 0.357. The molecular formula is C12H15NO. The van der Waals surface area contributed by atoms with Crippen molar-refractivity contribution >= 4 is 0 Å². The fourth-order valence-electron chi connectivity index (χ4n) is 2.03. The molecule has 0 aliphatic heterocycles. The topological polar surface area (TPSA) is 32.3 Å². The molecule has 0 aromatic heterocycles. The first kappa shape index (κ1) is 9.28. The molecule has 2 nitrogen and oxygen atoms in total. The summed E-state index contributed by atoms with van der Waals surface area (Å²) in [6, 6.07) is 6.02. The first-order valence-corrected chi connectivity index (χ1v) is 4.97. The minimum Gasteiger partial charge on any atom is -0.508 e. The second-order valence-electron chi connectivity index (χ2n) is 3.67. The summed E-state index contributed by atoms with van der Waals surface area (Å²) in [5, 5.41) is 12.8. The highest BCUT2D eigenvalue weighted by Gasteiger charge is 2.21. The van der Waals surface area contributed by atoms with Gasteiger partial charge in [0.15, 0.2) is 0 Å². The number of phenolic OH excluding ortho intramolecular Hbond substituents is 1. The predicted octanol–water partition coefficient (Wildman–Crippen LogP) is 2.16. The molecule has 0 fully saturated rings. The van der Waals surface area contributed by atoms with Crippen LogP contribution in [-0.4, -0.2) is 11.7 Å². The van der Waals surface area contributed by atoms with E-state index in [1.54, 1.807) is 6.07 Å². The Balaban J connectivity index is 2.19. The van der Waals surface area contributed by atoms with Gasteiger partial charge in [-0.25, -0.2) is 0 Å². The molecule has 74 valence electrons. The van der Waals surface area contributed by atoms with Gasteiger partial charge in [-0.05, 0) is 36.1 Å². The Hall–Kier alpha value is -1.28. The predicted molar refractivity (Wildman–Crippen MR) is 57.4 cm³/mol. The van der Waals surface area contributed by atoms with Gasteiger partial charge in [0.1, 0.15) is 5.75 Å². The van der Waals surface area contributed by atoms with Crippen LogP contribution in [-0.2, 0) is 6.42 Å². The molecule has 1 aliphatic carbocycles. The number of benzene rings is 1. The Kier molecular flexibility index (Phi) is 2.55. The van der Waals surface area contributed by atoms with Gasteiger partial charge in [0.05, 0.1) is 0 Å². The highest BCUT2D eigenvalue weighted by molar-refractivity contribution is 5.40. The maximum Gasteiger partial charge on any atom is 0.115 e. The molecule has 2 rings (SSSR count). The quantitative estimate of drug-likeness (QED) is 0.714. The standard InChI is InChI=1S/C12H15NO/c1-2-7-13-12-6-4-9-3-5-10(14)8-11(9)12/h2-3,5,8,12-14H,1,4,6-7H2/t12-/m1/s1. The summed E-state index contributed by atoms with van der Waals surface area (Å²) in [7, 11) is 0. The SMILES string of the molecule is C=CCN[C@@H]1CCc2ccc(O)cc21. The van der Waals surface area contributed by atoms with Gasteiger partial charge >= 0.3 is 0 Å². The summed E-state index contributed by atoms with van der Waals surface area (Å²) in [6.07, 6.45) is 4.08. The minimum atomic E-state index is 0.357. The fourth-order valence-corrected chi connectivity index (χ4v) is 2.03. The van der Waals surface area contributed by atoms with Crippen molar-refractivity contribution in [2.24, 2.45) is 0 Å². The molecule has 0 unspecified atom stereocenters. The third kappa shape index (κ3) is 1.66. The number of fused-ring (bicyclic) bond motifs is 1.